The Balaban J connectivity index is 0.00000529. The van der Waals surface area contributed by atoms with Crippen LogP contribution in [-0.4, -0.2) is 18.1 Å². The van der Waals surface area contributed by atoms with Crippen molar-refractivity contribution in [2.24, 2.45) is 4.99 Å². The van der Waals surface area contributed by atoms with E-state index in [0.717, 1.165) is 57.6 Å². The molecule has 0 atom stereocenters. The van der Waals surface area contributed by atoms with Crippen LogP contribution in [0.25, 0.3) is 33.3 Å². The third kappa shape index (κ3) is 11.1. The minimum absolute atomic E-state index is 0. The lowest BCUT2D eigenvalue weighted by atomic mass is 10.0. The summed E-state index contributed by atoms with van der Waals surface area (Å²) in [5.74, 6) is 0.787. The van der Waals surface area contributed by atoms with Gasteiger partial charge in [0.15, 0.2) is 11.3 Å². The van der Waals surface area contributed by atoms with E-state index in [1.54, 1.807) is 0 Å². The van der Waals surface area contributed by atoms with Gasteiger partial charge >= 0.3 is 0 Å². The van der Waals surface area contributed by atoms with Crippen LogP contribution in [0.3, 0.4) is 0 Å². The Morgan fingerprint density at radius 2 is 1.23 bits per heavy atom. The second-order valence-electron chi connectivity index (χ2n) is 12.5. The topological polar surface area (TPSA) is 50.4 Å². The summed E-state index contributed by atoms with van der Waals surface area (Å²) in [5, 5.41) is 7.03. The van der Waals surface area contributed by atoms with Gasteiger partial charge in [-0.1, -0.05) is 140 Å². The molecule has 1 aliphatic heterocycles. The van der Waals surface area contributed by atoms with E-state index in [2.05, 4.69) is 67.5 Å². The van der Waals surface area contributed by atoms with Gasteiger partial charge in [0.25, 0.3) is 0 Å². The van der Waals surface area contributed by atoms with Crippen molar-refractivity contribution in [3.05, 3.63) is 53.4 Å². The monoisotopic (exact) mass is 619 g/mol. The standard InChI is InChI=1S/C39H57N3O.ClH/c1-4-6-7-8-9-10-11-12-13-14-15-16-17-18-19-20-21-24-27-41-35-30-38-39(33-26-23-22-25-32(33)35)42-36-28-31(3)34(40-5-2)29-37(36)43-38;/h22-23,25-26,28-30,41H,4-21,24,27H2,1-3H3;1H. The van der Waals surface area contributed by atoms with Crippen molar-refractivity contribution in [2.75, 3.05) is 18.4 Å². The molecular formula is C39H58ClN3O. The summed E-state index contributed by atoms with van der Waals surface area (Å²) in [6.45, 7) is 8.18. The van der Waals surface area contributed by atoms with Crippen molar-refractivity contribution >= 4 is 40.0 Å². The lowest BCUT2D eigenvalue weighted by Crippen LogP contribution is -2.09. The average Bonchev–Trinajstić information content (AvgIpc) is 3.02. The first-order chi connectivity index (χ1) is 21.2. The van der Waals surface area contributed by atoms with Crippen LogP contribution in [0.2, 0.25) is 0 Å². The minimum Gasteiger partial charge on any atom is -0.453 e. The van der Waals surface area contributed by atoms with Crippen LogP contribution < -0.4 is 10.7 Å². The molecule has 0 unspecified atom stereocenters. The number of rotatable bonds is 21. The number of hydrogen-bond acceptors (Lipinski definition) is 4. The highest BCUT2D eigenvalue weighted by Gasteiger charge is 2.15. The molecule has 2 aliphatic rings. The molecule has 0 fully saturated rings. The highest BCUT2D eigenvalue weighted by atomic mass is 35.5. The van der Waals surface area contributed by atoms with Crippen LogP contribution in [0.15, 0.2) is 51.9 Å². The molecule has 0 aromatic heterocycles. The Kier molecular flexibility index (Phi) is 16.7. The van der Waals surface area contributed by atoms with E-state index in [0.29, 0.717) is 0 Å². The van der Waals surface area contributed by atoms with Gasteiger partial charge in [-0.2, -0.15) is 0 Å². The van der Waals surface area contributed by atoms with Crippen LogP contribution in [0, 0.1) is 6.92 Å². The normalized spacial score (nSPS) is 11.9. The fourth-order valence-electron chi connectivity index (χ4n) is 6.33. The Bertz CT molecular complexity index is 1410. The van der Waals surface area contributed by atoms with Gasteiger partial charge in [-0.15, -0.1) is 12.4 Å². The maximum absolute atomic E-state index is 6.42. The van der Waals surface area contributed by atoms with Gasteiger partial charge in [-0.3, -0.25) is 4.99 Å². The first-order valence-corrected chi connectivity index (χ1v) is 17.7. The van der Waals surface area contributed by atoms with Crippen LogP contribution in [0.4, 0.5) is 5.69 Å². The molecule has 4 rings (SSSR count). The second kappa shape index (κ2) is 20.4. The molecule has 0 amide bonds. The molecule has 2 aromatic carbocycles. The smallest absolute Gasteiger partial charge is 0.155 e. The Hall–Kier alpha value is -2.59. The molecule has 0 saturated heterocycles. The first kappa shape index (κ1) is 35.9. The third-order valence-corrected chi connectivity index (χ3v) is 8.89. The van der Waals surface area contributed by atoms with E-state index >= 15 is 0 Å². The SMILES string of the molecule is CCCCCCCCCCCCCCCCCCCCNc1cc2oc3cc(=NCC)c(C)cc-3nc2c2ccccc12.Cl. The summed E-state index contributed by atoms with van der Waals surface area (Å²) < 4.78 is 6.42. The van der Waals surface area contributed by atoms with Gasteiger partial charge in [-0.05, 0) is 31.9 Å². The summed E-state index contributed by atoms with van der Waals surface area (Å²) in [6, 6.07) is 14.8. The summed E-state index contributed by atoms with van der Waals surface area (Å²) in [6.07, 6.45) is 25.3. The van der Waals surface area contributed by atoms with Crippen molar-refractivity contribution in [1.82, 2.24) is 4.98 Å². The van der Waals surface area contributed by atoms with Crippen LogP contribution in [-0.2, 0) is 0 Å². The Morgan fingerprint density at radius 3 is 1.80 bits per heavy atom. The zero-order valence-electron chi connectivity index (χ0n) is 27.9. The van der Waals surface area contributed by atoms with E-state index < -0.39 is 0 Å². The third-order valence-electron chi connectivity index (χ3n) is 8.89. The number of benzene rings is 3. The van der Waals surface area contributed by atoms with Gasteiger partial charge < -0.3 is 9.73 Å². The lowest BCUT2D eigenvalue weighted by molar-refractivity contribution is 0.526. The molecule has 0 radical (unpaired) electrons. The van der Waals surface area contributed by atoms with E-state index in [-0.39, 0.29) is 12.4 Å². The maximum Gasteiger partial charge on any atom is 0.155 e. The van der Waals surface area contributed by atoms with Gasteiger partial charge in [0.2, 0.25) is 0 Å². The predicted molar refractivity (Wildman–Crippen MR) is 193 cm³/mol. The van der Waals surface area contributed by atoms with Crippen LogP contribution >= 0.6 is 12.4 Å². The van der Waals surface area contributed by atoms with Crippen molar-refractivity contribution in [3.63, 3.8) is 0 Å². The summed E-state index contributed by atoms with van der Waals surface area (Å²) >= 11 is 0. The van der Waals surface area contributed by atoms with Crippen LogP contribution in [0.1, 0.15) is 135 Å². The van der Waals surface area contributed by atoms with Crippen molar-refractivity contribution in [1.29, 1.82) is 0 Å². The number of fused-ring (bicyclic) bond motifs is 4. The number of hydrogen-bond donors (Lipinski definition) is 1. The zero-order chi connectivity index (χ0) is 30.1. The fourth-order valence-corrected chi connectivity index (χ4v) is 6.33. The minimum atomic E-state index is 0. The lowest BCUT2D eigenvalue weighted by Gasteiger charge is -2.14. The molecule has 0 spiro atoms. The summed E-state index contributed by atoms with van der Waals surface area (Å²) in [5.41, 5.74) is 4.87. The molecule has 44 heavy (non-hydrogen) atoms. The predicted octanol–water partition coefficient (Wildman–Crippen LogP) is 12.2. The molecule has 5 heteroatoms. The number of nitrogens with one attached hydrogen (secondary N) is 1. The zero-order valence-corrected chi connectivity index (χ0v) is 28.7. The van der Waals surface area contributed by atoms with E-state index in [1.165, 1.54) is 121 Å². The van der Waals surface area contributed by atoms with E-state index in [9.17, 15) is 0 Å². The number of halogens is 1. The van der Waals surface area contributed by atoms with Crippen molar-refractivity contribution in [2.45, 2.75) is 136 Å². The highest BCUT2D eigenvalue weighted by molar-refractivity contribution is 6.10. The fraction of sp³-hybridized carbons (Fsp3) is 0.590. The maximum atomic E-state index is 6.42. The first-order valence-electron chi connectivity index (χ1n) is 17.7. The molecule has 2 aromatic rings. The molecule has 0 bridgehead atoms. The number of unbranched alkanes of at least 4 members (excludes halogenated alkanes) is 17. The Labute approximate surface area is 273 Å². The molecule has 242 valence electrons. The van der Waals surface area contributed by atoms with Crippen molar-refractivity contribution < 1.29 is 4.42 Å². The number of nitrogens with zero attached hydrogens (tertiary/aromatic N) is 2. The van der Waals surface area contributed by atoms with Gasteiger partial charge in [0.1, 0.15) is 11.2 Å². The van der Waals surface area contributed by atoms with E-state index in [1.807, 2.05) is 6.07 Å². The molecule has 4 nitrogen and oxygen atoms in total. The van der Waals surface area contributed by atoms with Gasteiger partial charge in [0.05, 0.1) is 5.36 Å². The quantitative estimate of drug-likeness (QED) is 0.0573. The number of aryl methyl sites for hydroxylation is 1. The largest absolute Gasteiger partial charge is 0.453 e. The Morgan fingerprint density at radius 1 is 0.682 bits per heavy atom. The molecule has 0 saturated carbocycles. The molecular weight excluding hydrogens is 562 g/mol. The molecule has 1 N–H and O–H groups in total. The molecule has 1 aliphatic carbocycles. The van der Waals surface area contributed by atoms with Gasteiger partial charge in [0, 0.05) is 41.7 Å². The van der Waals surface area contributed by atoms with Crippen LogP contribution in [0.5, 0.6) is 0 Å². The summed E-state index contributed by atoms with van der Waals surface area (Å²) in [4.78, 5) is 9.65. The number of anilines is 1. The number of aromatic nitrogens is 1. The highest BCUT2D eigenvalue weighted by Crippen LogP contribution is 2.34. The van der Waals surface area contributed by atoms with Crippen molar-refractivity contribution in [3.8, 4) is 11.5 Å². The van der Waals surface area contributed by atoms with E-state index in [4.69, 9.17) is 9.40 Å². The second-order valence-corrected chi connectivity index (χ2v) is 12.5. The van der Waals surface area contributed by atoms with Gasteiger partial charge in [-0.25, -0.2) is 4.98 Å². The average molecular weight is 620 g/mol. The molecule has 1 heterocycles. The summed E-state index contributed by atoms with van der Waals surface area (Å²) in [7, 11) is 0.